The summed E-state index contributed by atoms with van der Waals surface area (Å²) in [7, 11) is 0. The number of hydrogen-bond acceptors (Lipinski definition) is 4. The number of ether oxygens (including phenoxy) is 1. The van der Waals surface area contributed by atoms with Crippen molar-refractivity contribution in [3.8, 4) is 11.4 Å². The van der Waals surface area contributed by atoms with Crippen molar-refractivity contribution in [3.05, 3.63) is 101 Å². The molecule has 1 heterocycles. The van der Waals surface area contributed by atoms with Gasteiger partial charge in [-0.2, -0.15) is 0 Å². The Balaban J connectivity index is 1.53. The molecule has 0 aliphatic heterocycles. The van der Waals surface area contributed by atoms with Gasteiger partial charge in [0, 0.05) is 11.4 Å². The summed E-state index contributed by atoms with van der Waals surface area (Å²) in [4.78, 5) is 0. The summed E-state index contributed by atoms with van der Waals surface area (Å²) >= 11 is 1.69. The SMILES string of the molecule is Cc1ccc(OCc2nnc(SCc3ccc(C(C)(C)C)cc3)n2-c2ccccc2)cc1. The summed E-state index contributed by atoms with van der Waals surface area (Å²) in [5, 5.41) is 9.80. The maximum atomic E-state index is 6.00. The van der Waals surface area contributed by atoms with E-state index in [1.165, 1.54) is 16.7 Å². The van der Waals surface area contributed by atoms with Gasteiger partial charge in [0.15, 0.2) is 11.0 Å². The van der Waals surface area contributed by atoms with Gasteiger partial charge in [0.1, 0.15) is 12.4 Å². The number of aromatic nitrogens is 3. The predicted octanol–water partition coefficient (Wildman–Crippen LogP) is 6.74. The second kappa shape index (κ2) is 9.61. The Morgan fingerprint density at radius 2 is 1.53 bits per heavy atom. The lowest BCUT2D eigenvalue weighted by molar-refractivity contribution is 0.293. The van der Waals surface area contributed by atoms with Crippen molar-refractivity contribution in [1.82, 2.24) is 14.8 Å². The van der Waals surface area contributed by atoms with Crippen LogP contribution in [0.4, 0.5) is 0 Å². The molecule has 4 aromatic rings. The molecule has 0 atom stereocenters. The molecule has 3 aromatic carbocycles. The minimum absolute atomic E-state index is 0.158. The lowest BCUT2D eigenvalue weighted by Gasteiger charge is -2.19. The average molecular weight is 444 g/mol. The third-order valence-corrected chi connectivity index (χ3v) is 6.29. The highest BCUT2D eigenvalue weighted by atomic mass is 32.2. The lowest BCUT2D eigenvalue weighted by Crippen LogP contribution is -2.10. The van der Waals surface area contributed by atoms with Crippen molar-refractivity contribution in [2.45, 2.75) is 50.6 Å². The van der Waals surface area contributed by atoms with Crippen LogP contribution in [-0.4, -0.2) is 14.8 Å². The van der Waals surface area contributed by atoms with Crippen molar-refractivity contribution < 1.29 is 4.74 Å². The van der Waals surface area contributed by atoms with Crippen LogP contribution in [0.25, 0.3) is 5.69 Å². The third kappa shape index (κ3) is 5.40. The van der Waals surface area contributed by atoms with Gasteiger partial charge >= 0.3 is 0 Å². The van der Waals surface area contributed by atoms with Gasteiger partial charge in [-0.15, -0.1) is 10.2 Å². The first kappa shape index (κ1) is 22.2. The number of benzene rings is 3. The topological polar surface area (TPSA) is 39.9 Å². The molecule has 0 aliphatic rings. The third-order valence-electron chi connectivity index (χ3n) is 5.29. The summed E-state index contributed by atoms with van der Waals surface area (Å²) in [5.74, 6) is 2.43. The fraction of sp³-hybridized carbons (Fsp3) is 0.259. The van der Waals surface area contributed by atoms with E-state index in [0.717, 1.165) is 28.2 Å². The minimum atomic E-state index is 0.158. The molecule has 0 fully saturated rings. The lowest BCUT2D eigenvalue weighted by atomic mass is 9.87. The van der Waals surface area contributed by atoms with Gasteiger partial charge in [-0.3, -0.25) is 4.57 Å². The molecule has 0 saturated carbocycles. The van der Waals surface area contributed by atoms with E-state index in [1.807, 2.05) is 42.5 Å². The zero-order chi connectivity index (χ0) is 22.6. The fourth-order valence-electron chi connectivity index (χ4n) is 3.35. The van der Waals surface area contributed by atoms with E-state index in [1.54, 1.807) is 11.8 Å². The normalized spacial score (nSPS) is 11.5. The number of nitrogens with zero attached hydrogens (tertiary/aromatic N) is 3. The Morgan fingerprint density at radius 1 is 0.844 bits per heavy atom. The zero-order valence-electron chi connectivity index (χ0n) is 19.1. The van der Waals surface area contributed by atoms with E-state index in [9.17, 15) is 0 Å². The van der Waals surface area contributed by atoms with Crippen molar-refractivity contribution in [2.24, 2.45) is 0 Å². The van der Waals surface area contributed by atoms with E-state index >= 15 is 0 Å². The zero-order valence-corrected chi connectivity index (χ0v) is 19.9. The van der Waals surface area contributed by atoms with E-state index in [0.29, 0.717) is 6.61 Å². The number of para-hydroxylation sites is 1. The highest BCUT2D eigenvalue weighted by molar-refractivity contribution is 7.98. The highest BCUT2D eigenvalue weighted by Gasteiger charge is 2.16. The van der Waals surface area contributed by atoms with Crippen LogP contribution in [0.15, 0.2) is 84.0 Å². The van der Waals surface area contributed by atoms with Gasteiger partial charge in [0.25, 0.3) is 0 Å². The van der Waals surface area contributed by atoms with Gasteiger partial charge in [-0.05, 0) is 47.7 Å². The van der Waals surface area contributed by atoms with Gasteiger partial charge in [0.05, 0.1) is 0 Å². The fourth-order valence-corrected chi connectivity index (χ4v) is 4.28. The Morgan fingerprint density at radius 3 is 2.19 bits per heavy atom. The van der Waals surface area contributed by atoms with Crippen LogP contribution in [0.2, 0.25) is 0 Å². The number of hydrogen-bond donors (Lipinski definition) is 0. The molecule has 4 nitrogen and oxygen atoms in total. The van der Waals surface area contributed by atoms with Crippen molar-refractivity contribution in [2.75, 3.05) is 0 Å². The molecular formula is C27H29N3OS. The second-order valence-electron chi connectivity index (χ2n) is 8.91. The van der Waals surface area contributed by atoms with Crippen LogP contribution in [0.5, 0.6) is 5.75 Å². The van der Waals surface area contributed by atoms with Gasteiger partial charge in [0.2, 0.25) is 0 Å². The Hall–Kier alpha value is -3.05. The van der Waals surface area contributed by atoms with E-state index in [4.69, 9.17) is 4.74 Å². The molecule has 0 aliphatic carbocycles. The van der Waals surface area contributed by atoms with E-state index < -0.39 is 0 Å². The molecular weight excluding hydrogens is 414 g/mol. The molecule has 0 bridgehead atoms. The number of thioether (sulfide) groups is 1. The maximum Gasteiger partial charge on any atom is 0.196 e. The molecule has 32 heavy (non-hydrogen) atoms. The molecule has 0 radical (unpaired) electrons. The summed E-state index contributed by atoms with van der Waals surface area (Å²) in [5.41, 5.74) is 5.01. The summed E-state index contributed by atoms with van der Waals surface area (Å²) in [6.07, 6.45) is 0. The van der Waals surface area contributed by atoms with Gasteiger partial charge < -0.3 is 4.74 Å². The van der Waals surface area contributed by atoms with Crippen molar-refractivity contribution >= 4 is 11.8 Å². The molecule has 0 spiro atoms. The first-order chi connectivity index (χ1) is 15.4. The molecule has 1 aromatic heterocycles. The average Bonchev–Trinajstić information content (AvgIpc) is 3.20. The quantitative estimate of drug-likeness (QED) is 0.296. The predicted molar refractivity (Wildman–Crippen MR) is 132 cm³/mol. The van der Waals surface area contributed by atoms with Crippen LogP contribution in [-0.2, 0) is 17.8 Å². The van der Waals surface area contributed by atoms with Gasteiger partial charge in [-0.25, -0.2) is 0 Å². The molecule has 0 amide bonds. The Labute approximate surface area is 194 Å². The summed E-state index contributed by atoms with van der Waals surface area (Å²) in [6.45, 7) is 9.12. The second-order valence-corrected chi connectivity index (χ2v) is 9.85. The van der Waals surface area contributed by atoms with Crippen LogP contribution in [0.1, 0.15) is 43.3 Å². The monoisotopic (exact) mass is 443 g/mol. The number of aryl methyl sites for hydroxylation is 1. The molecule has 4 rings (SSSR count). The molecule has 164 valence electrons. The molecule has 0 N–H and O–H groups in total. The standard InChI is InChI=1S/C27H29N3OS/c1-20-10-16-24(17-11-20)31-18-25-28-29-26(30(25)23-8-6-5-7-9-23)32-19-21-12-14-22(15-13-21)27(2,3)4/h5-17H,18-19H2,1-4H3. The smallest absolute Gasteiger partial charge is 0.196 e. The van der Waals surface area contributed by atoms with Crippen LogP contribution >= 0.6 is 11.8 Å². The molecule has 0 saturated heterocycles. The highest BCUT2D eigenvalue weighted by Crippen LogP contribution is 2.28. The summed E-state index contributed by atoms with van der Waals surface area (Å²) in [6, 6.07) is 27.1. The van der Waals surface area contributed by atoms with Crippen LogP contribution < -0.4 is 4.74 Å². The first-order valence-corrected chi connectivity index (χ1v) is 11.8. The summed E-state index contributed by atoms with van der Waals surface area (Å²) < 4.78 is 8.08. The molecule has 5 heteroatoms. The van der Waals surface area contributed by atoms with Crippen molar-refractivity contribution in [1.29, 1.82) is 0 Å². The largest absolute Gasteiger partial charge is 0.486 e. The van der Waals surface area contributed by atoms with Crippen LogP contribution in [0.3, 0.4) is 0 Å². The van der Waals surface area contributed by atoms with Gasteiger partial charge in [-0.1, -0.05) is 92.7 Å². The van der Waals surface area contributed by atoms with E-state index in [2.05, 4.69) is 78.9 Å². The Bertz CT molecular complexity index is 1140. The van der Waals surface area contributed by atoms with Crippen LogP contribution in [0, 0.1) is 6.92 Å². The minimum Gasteiger partial charge on any atom is -0.486 e. The maximum absolute atomic E-state index is 6.00. The molecule has 0 unspecified atom stereocenters. The Kier molecular flexibility index (Phi) is 6.66. The van der Waals surface area contributed by atoms with E-state index in [-0.39, 0.29) is 5.41 Å². The van der Waals surface area contributed by atoms with Crippen molar-refractivity contribution in [3.63, 3.8) is 0 Å². The number of rotatable bonds is 7. The first-order valence-electron chi connectivity index (χ1n) is 10.8.